The molecule has 3 aromatic heterocycles. The number of aromatic nitrogens is 3. The van der Waals surface area contributed by atoms with Crippen molar-refractivity contribution in [1.29, 1.82) is 0 Å². The molecule has 0 spiro atoms. The molecule has 1 N–H and O–H groups in total. The first-order chi connectivity index (χ1) is 23.9. The maximum Gasteiger partial charge on any atom is 0.264 e. The zero-order valence-electron chi connectivity index (χ0n) is 27.1. The molecule has 5 heterocycles. The summed E-state index contributed by atoms with van der Waals surface area (Å²) in [6.07, 6.45) is 5.90. The summed E-state index contributed by atoms with van der Waals surface area (Å²) in [6.45, 7) is 8.56. The predicted octanol–water partition coefficient (Wildman–Crippen LogP) is 5.11. The largest absolute Gasteiger partial charge is 0.488 e. The van der Waals surface area contributed by atoms with Crippen LogP contribution in [0, 0.1) is 0 Å². The van der Waals surface area contributed by atoms with Gasteiger partial charge in [0, 0.05) is 64.7 Å². The molecule has 14 nitrogen and oxygen atoms in total. The second-order valence-electron chi connectivity index (χ2n) is 10.2. The monoisotopic (exact) mass is 951 g/mol. The molecule has 278 valence electrons. The lowest BCUT2D eigenvalue weighted by Gasteiger charge is -2.30. The summed E-state index contributed by atoms with van der Waals surface area (Å²) in [5, 5.41) is 9.00. The van der Waals surface area contributed by atoms with Crippen LogP contribution in [0.5, 0.6) is 17.2 Å². The van der Waals surface area contributed by atoms with Gasteiger partial charge in [-0.1, -0.05) is 23.2 Å². The Hall–Kier alpha value is -1.58. The predicted molar refractivity (Wildman–Crippen MR) is 200 cm³/mol. The van der Waals surface area contributed by atoms with Crippen molar-refractivity contribution in [2.45, 2.75) is 0 Å². The lowest BCUT2D eigenvalue weighted by Crippen LogP contribution is -2.39. The van der Waals surface area contributed by atoms with E-state index in [1.807, 2.05) is 12.3 Å². The van der Waals surface area contributed by atoms with Gasteiger partial charge in [0.15, 0.2) is 33.4 Å². The van der Waals surface area contributed by atoms with Gasteiger partial charge in [-0.2, -0.15) is 8.42 Å². The molecule has 2 aliphatic rings. The van der Waals surface area contributed by atoms with Crippen molar-refractivity contribution in [3.63, 3.8) is 0 Å². The topological polar surface area (TPSA) is 155 Å². The van der Waals surface area contributed by atoms with Crippen LogP contribution >= 0.6 is 71.0 Å². The zero-order chi connectivity index (χ0) is 36.4. The van der Waals surface area contributed by atoms with E-state index >= 15 is 0 Å². The van der Waals surface area contributed by atoms with Gasteiger partial charge in [0.05, 0.1) is 39.3 Å². The van der Waals surface area contributed by atoms with Gasteiger partial charge in [-0.25, -0.2) is 15.0 Å². The van der Waals surface area contributed by atoms with Crippen molar-refractivity contribution >= 4 is 86.9 Å². The molecular formula is C30H38Br3Cl2N5O9S. The highest BCUT2D eigenvalue weighted by atomic mass is 79.9. The number of anilines is 1. The summed E-state index contributed by atoms with van der Waals surface area (Å²) in [7, 11) is -3.43. The van der Waals surface area contributed by atoms with Gasteiger partial charge in [-0.05, 0) is 66.0 Å². The minimum atomic E-state index is -3.43. The number of pyridine rings is 3. The standard InChI is InChI=1S/C15H22BrN3O3.C8H9BrClNO4S.C7H7BrClNO2/c16-13-11-14(22-10-3-18-1-6-20-7-2-18)15(17-12-13)19-4-8-21-9-5-19;1-16(12,13)15-3-2-14-7-4-6(9)5-11-8(7)10;8-5-3-6(12-2-1-11)7(9)10-4-5/h11-12H,1-10H2;4-5H,2-3H2,1H3;3-4,11H,1-2H2. The summed E-state index contributed by atoms with van der Waals surface area (Å²) in [4.78, 5) is 16.8. The van der Waals surface area contributed by atoms with E-state index < -0.39 is 10.1 Å². The first-order valence-corrected chi connectivity index (χ1v) is 20.1. The number of ether oxygens (including phenoxy) is 5. The van der Waals surface area contributed by atoms with Crippen LogP contribution in [0.25, 0.3) is 0 Å². The molecule has 50 heavy (non-hydrogen) atoms. The Balaban J connectivity index is 0.000000214. The maximum absolute atomic E-state index is 10.6. The van der Waals surface area contributed by atoms with E-state index in [9.17, 15) is 8.42 Å². The molecule has 0 unspecified atom stereocenters. The molecule has 0 amide bonds. The van der Waals surface area contributed by atoms with E-state index in [0.717, 1.165) is 90.4 Å². The van der Waals surface area contributed by atoms with E-state index in [-0.39, 0.29) is 31.6 Å². The molecule has 0 saturated carbocycles. The Bertz CT molecular complexity index is 1580. The van der Waals surface area contributed by atoms with Crippen molar-refractivity contribution in [3.8, 4) is 17.2 Å². The van der Waals surface area contributed by atoms with Gasteiger partial charge in [0.1, 0.15) is 26.4 Å². The van der Waals surface area contributed by atoms with Crippen LogP contribution in [0.1, 0.15) is 0 Å². The fraction of sp³-hybridized carbons (Fsp3) is 0.500. The number of aliphatic hydroxyl groups excluding tert-OH is 1. The third-order valence-corrected chi connectivity index (χ3v) is 8.88. The van der Waals surface area contributed by atoms with Crippen molar-refractivity contribution in [1.82, 2.24) is 19.9 Å². The maximum atomic E-state index is 10.6. The smallest absolute Gasteiger partial charge is 0.264 e. The van der Waals surface area contributed by atoms with Crippen molar-refractivity contribution in [3.05, 3.63) is 60.5 Å². The Labute approximate surface area is 327 Å². The second-order valence-corrected chi connectivity index (χ2v) is 15.3. The molecule has 20 heteroatoms. The fourth-order valence-electron chi connectivity index (χ4n) is 4.14. The summed E-state index contributed by atoms with van der Waals surface area (Å²) in [5.41, 5.74) is 0. The summed E-state index contributed by atoms with van der Waals surface area (Å²) >= 11 is 21.4. The van der Waals surface area contributed by atoms with Gasteiger partial charge in [0.25, 0.3) is 10.1 Å². The third-order valence-electron chi connectivity index (χ3n) is 6.41. The van der Waals surface area contributed by atoms with Crippen LogP contribution in [0.15, 0.2) is 50.2 Å². The van der Waals surface area contributed by atoms with Gasteiger partial charge >= 0.3 is 0 Å². The van der Waals surface area contributed by atoms with Crippen molar-refractivity contribution < 1.29 is 41.4 Å². The minimum Gasteiger partial charge on any atom is -0.488 e. The summed E-state index contributed by atoms with van der Waals surface area (Å²) < 4.78 is 55.3. The number of morpholine rings is 2. The fourth-order valence-corrected chi connectivity index (χ4v) is 5.76. The van der Waals surface area contributed by atoms with Crippen LogP contribution in [-0.4, -0.2) is 132 Å². The van der Waals surface area contributed by atoms with Crippen LogP contribution in [0.4, 0.5) is 5.82 Å². The first kappa shape index (κ1) is 42.8. The van der Waals surface area contributed by atoms with Gasteiger partial charge in [-0.15, -0.1) is 0 Å². The molecule has 3 aromatic rings. The van der Waals surface area contributed by atoms with E-state index in [1.54, 1.807) is 18.3 Å². The van der Waals surface area contributed by atoms with E-state index in [2.05, 4.69) is 76.7 Å². The molecule has 2 saturated heterocycles. The molecule has 2 aliphatic heterocycles. The van der Waals surface area contributed by atoms with Gasteiger partial charge < -0.3 is 33.7 Å². The lowest BCUT2D eigenvalue weighted by molar-refractivity contribution is 0.0322. The van der Waals surface area contributed by atoms with Crippen LogP contribution in [0.3, 0.4) is 0 Å². The third kappa shape index (κ3) is 16.8. The normalized spacial score (nSPS) is 14.9. The quantitative estimate of drug-likeness (QED) is 0.137. The molecule has 0 aromatic carbocycles. The van der Waals surface area contributed by atoms with E-state index in [0.29, 0.717) is 23.3 Å². The number of rotatable bonds is 13. The molecular weight excluding hydrogens is 917 g/mol. The number of hydrogen-bond donors (Lipinski definition) is 1. The second kappa shape index (κ2) is 23.2. The number of halogens is 5. The molecule has 5 rings (SSSR count). The highest BCUT2D eigenvalue weighted by molar-refractivity contribution is 9.11. The van der Waals surface area contributed by atoms with E-state index in [4.69, 9.17) is 52.0 Å². The number of hydrogen-bond acceptors (Lipinski definition) is 14. The molecule has 0 aliphatic carbocycles. The summed E-state index contributed by atoms with van der Waals surface area (Å²) in [5.74, 6) is 2.59. The summed E-state index contributed by atoms with van der Waals surface area (Å²) in [6, 6.07) is 5.33. The van der Waals surface area contributed by atoms with E-state index in [1.165, 1.54) is 6.20 Å². The van der Waals surface area contributed by atoms with Gasteiger partial charge in [-0.3, -0.25) is 9.08 Å². The number of aliphatic hydroxyl groups is 1. The SMILES string of the molecule is Brc1cnc(N2CCOCC2)c(OCCN2CCOCC2)c1.CS(=O)(=O)OCCOc1cc(Br)cnc1Cl.OCCOc1cc(Br)cnc1Cl. The van der Waals surface area contributed by atoms with Crippen LogP contribution < -0.4 is 19.1 Å². The van der Waals surface area contributed by atoms with Crippen LogP contribution in [0.2, 0.25) is 10.3 Å². The number of nitrogens with zero attached hydrogens (tertiary/aromatic N) is 5. The van der Waals surface area contributed by atoms with Crippen molar-refractivity contribution in [2.75, 3.05) is 103 Å². The minimum absolute atomic E-state index is 0.0388. The molecule has 0 radical (unpaired) electrons. The first-order valence-electron chi connectivity index (χ1n) is 15.2. The zero-order valence-corrected chi connectivity index (χ0v) is 34.2. The Morgan fingerprint density at radius 3 is 1.76 bits per heavy atom. The van der Waals surface area contributed by atoms with Crippen LogP contribution in [-0.2, 0) is 23.8 Å². The molecule has 2 fully saturated rings. The lowest BCUT2D eigenvalue weighted by atomic mass is 10.3. The average Bonchev–Trinajstić information content (AvgIpc) is 3.10. The molecule has 0 bridgehead atoms. The van der Waals surface area contributed by atoms with Crippen molar-refractivity contribution in [2.24, 2.45) is 0 Å². The van der Waals surface area contributed by atoms with Gasteiger partial charge in [0.2, 0.25) is 0 Å². The highest BCUT2D eigenvalue weighted by Gasteiger charge is 2.18. The Morgan fingerprint density at radius 2 is 1.22 bits per heavy atom. The Morgan fingerprint density at radius 1 is 0.740 bits per heavy atom. The molecule has 0 atom stereocenters. The Kier molecular flexibility index (Phi) is 19.8. The highest BCUT2D eigenvalue weighted by Crippen LogP contribution is 2.30. The average molecular weight is 955 g/mol.